The highest BCUT2D eigenvalue weighted by atomic mass is 16.5. The molecule has 2 rings (SSSR count). The van der Waals surface area contributed by atoms with Gasteiger partial charge in [-0.15, -0.1) is 0 Å². The zero-order valence-electron chi connectivity index (χ0n) is 13.4. The summed E-state index contributed by atoms with van der Waals surface area (Å²) in [6.07, 6.45) is 5.02. The van der Waals surface area contributed by atoms with E-state index in [9.17, 15) is 5.26 Å². The van der Waals surface area contributed by atoms with E-state index in [1.54, 1.807) is 0 Å². The summed E-state index contributed by atoms with van der Waals surface area (Å²) >= 11 is 0. The highest BCUT2D eigenvalue weighted by Crippen LogP contribution is 2.27. The van der Waals surface area contributed by atoms with Gasteiger partial charge in [-0.05, 0) is 57.6 Å². The lowest BCUT2D eigenvalue weighted by Crippen LogP contribution is -2.44. The number of nitrogens with one attached hydrogen (secondary N) is 1. The van der Waals surface area contributed by atoms with E-state index in [1.807, 2.05) is 6.07 Å². The number of aryl methyl sites for hydroxylation is 2. The van der Waals surface area contributed by atoms with Crippen LogP contribution in [-0.2, 0) is 0 Å². The highest BCUT2D eigenvalue weighted by molar-refractivity contribution is 5.35. The second-order valence-electron chi connectivity index (χ2n) is 6.19. The minimum absolute atomic E-state index is 0.368. The van der Waals surface area contributed by atoms with E-state index < -0.39 is 0 Å². The van der Waals surface area contributed by atoms with Crippen LogP contribution in [-0.4, -0.2) is 18.2 Å². The molecular weight excluding hydrogens is 260 g/mol. The molecule has 0 bridgehead atoms. The number of ether oxygens (including phenoxy) is 1. The Morgan fingerprint density at radius 1 is 1.38 bits per heavy atom. The van der Waals surface area contributed by atoms with E-state index >= 15 is 0 Å². The van der Waals surface area contributed by atoms with Gasteiger partial charge in [-0.3, -0.25) is 5.32 Å². The average molecular weight is 286 g/mol. The van der Waals surface area contributed by atoms with Crippen LogP contribution in [0.1, 0.15) is 50.2 Å². The van der Waals surface area contributed by atoms with Crippen molar-refractivity contribution in [2.45, 2.75) is 64.5 Å². The molecule has 1 aromatic rings. The molecule has 1 aliphatic rings. The third-order valence-electron chi connectivity index (χ3n) is 4.21. The highest BCUT2D eigenvalue weighted by Gasteiger charge is 2.34. The molecule has 3 heteroatoms. The molecule has 0 heterocycles. The Labute approximate surface area is 128 Å². The molecule has 1 fully saturated rings. The molecule has 1 N–H and O–H groups in total. The Bertz CT molecular complexity index is 516. The van der Waals surface area contributed by atoms with E-state index in [-0.39, 0.29) is 5.54 Å². The van der Waals surface area contributed by atoms with Crippen LogP contribution in [0, 0.1) is 25.2 Å². The van der Waals surface area contributed by atoms with Gasteiger partial charge < -0.3 is 4.74 Å². The van der Waals surface area contributed by atoms with Gasteiger partial charge in [0.05, 0.1) is 12.7 Å². The van der Waals surface area contributed by atoms with Crippen molar-refractivity contribution in [2.24, 2.45) is 0 Å². The molecule has 3 nitrogen and oxygen atoms in total. The summed E-state index contributed by atoms with van der Waals surface area (Å²) in [4.78, 5) is 0. The summed E-state index contributed by atoms with van der Waals surface area (Å²) in [5.74, 6) is 0.954. The molecule has 1 aromatic carbocycles. The third-order valence-corrected chi connectivity index (χ3v) is 4.21. The van der Waals surface area contributed by atoms with Crippen molar-refractivity contribution in [3.05, 3.63) is 29.3 Å². The maximum Gasteiger partial charge on any atom is 0.122 e. The molecule has 1 unspecified atom stereocenters. The van der Waals surface area contributed by atoms with Gasteiger partial charge >= 0.3 is 0 Å². The molecule has 1 saturated carbocycles. The van der Waals surface area contributed by atoms with Crippen molar-refractivity contribution in [1.29, 1.82) is 5.26 Å². The number of nitrogens with zero attached hydrogens (tertiary/aromatic N) is 1. The fourth-order valence-corrected chi connectivity index (χ4v) is 2.65. The Balaban J connectivity index is 1.81. The van der Waals surface area contributed by atoms with Crippen LogP contribution in [0.25, 0.3) is 0 Å². The predicted molar refractivity (Wildman–Crippen MR) is 85.4 cm³/mol. The first-order chi connectivity index (χ1) is 10.1. The largest absolute Gasteiger partial charge is 0.493 e. The lowest BCUT2D eigenvalue weighted by molar-refractivity contribution is 0.274. The number of rotatable bonds is 8. The standard InChI is InChI=1S/C18H26N2O/c1-4-18(13-19,20-16-7-8-16)10-5-11-21-17-9-6-14(2)12-15(17)3/h6,9,12,16,20H,4-5,7-8,10-11H2,1-3H3. The molecule has 0 amide bonds. The van der Waals surface area contributed by atoms with Gasteiger partial charge in [-0.1, -0.05) is 24.6 Å². The quantitative estimate of drug-likeness (QED) is 0.737. The van der Waals surface area contributed by atoms with Crippen molar-refractivity contribution in [2.75, 3.05) is 6.61 Å². The maximum atomic E-state index is 9.49. The van der Waals surface area contributed by atoms with Crippen LogP contribution >= 0.6 is 0 Å². The van der Waals surface area contributed by atoms with E-state index in [2.05, 4.69) is 44.3 Å². The predicted octanol–water partition coefficient (Wildman–Crippen LogP) is 3.89. The SMILES string of the molecule is CCC(C#N)(CCCOc1ccc(C)cc1C)NC1CC1. The summed E-state index contributed by atoms with van der Waals surface area (Å²) < 4.78 is 5.86. The van der Waals surface area contributed by atoms with E-state index in [1.165, 1.54) is 24.0 Å². The van der Waals surface area contributed by atoms with Gasteiger partial charge in [0, 0.05) is 6.04 Å². The smallest absolute Gasteiger partial charge is 0.122 e. The van der Waals surface area contributed by atoms with Crippen LogP contribution in [0.3, 0.4) is 0 Å². The molecule has 1 atom stereocenters. The first-order valence-electron chi connectivity index (χ1n) is 7.97. The van der Waals surface area contributed by atoms with Crippen molar-refractivity contribution in [3.63, 3.8) is 0 Å². The number of nitriles is 1. The maximum absolute atomic E-state index is 9.49. The monoisotopic (exact) mass is 286 g/mol. The van der Waals surface area contributed by atoms with Crippen molar-refractivity contribution >= 4 is 0 Å². The summed E-state index contributed by atoms with van der Waals surface area (Å²) in [5.41, 5.74) is 2.06. The van der Waals surface area contributed by atoms with E-state index in [0.29, 0.717) is 12.6 Å². The summed E-state index contributed by atoms with van der Waals surface area (Å²) in [6.45, 7) is 6.91. The molecule has 0 radical (unpaired) electrons. The minimum Gasteiger partial charge on any atom is -0.493 e. The lowest BCUT2D eigenvalue weighted by Gasteiger charge is -2.26. The second kappa shape index (κ2) is 6.95. The Kier molecular flexibility index (Phi) is 5.25. The molecule has 21 heavy (non-hydrogen) atoms. The first-order valence-corrected chi connectivity index (χ1v) is 7.97. The molecule has 114 valence electrons. The van der Waals surface area contributed by atoms with E-state index in [0.717, 1.165) is 25.0 Å². The number of hydrogen-bond acceptors (Lipinski definition) is 3. The van der Waals surface area contributed by atoms with Gasteiger partial charge in [0.1, 0.15) is 11.3 Å². The lowest BCUT2D eigenvalue weighted by atomic mass is 9.92. The fourth-order valence-electron chi connectivity index (χ4n) is 2.65. The summed E-state index contributed by atoms with van der Waals surface area (Å²) in [7, 11) is 0. The van der Waals surface area contributed by atoms with Gasteiger partial charge in [0.2, 0.25) is 0 Å². The normalized spacial score (nSPS) is 17.0. The van der Waals surface area contributed by atoms with Crippen LogP contribution in [0.5, 0.6) is 5.75 Å². The number of hydrogen-bond donors (Lipinski definition) is 1. The van der Waals surface area contributed by atoms with Crippen LogP contribution < -0.4 is 10.1 Å². The first kappa shape index (κ1) is 15.9. The zero-order chi connectivity index (χ0) is 15.3. The summed E-state index contributed by atoms with van der Waals surface area (Å²) in [5, 5.41) is 13.0. The fraction of sp³-hybridized carbons (Fsp3) is 0.611. The molecule has 1 aliphatic carbocycles. The Morgan fingerprint density at radius 2 is 2.14 bits per heavy atom. The van der Waals surface area contributed by atoms with Crippen molar-refractivity contribution in [3.8, 4) is 11.8 Å². The number of benzene rings is 1. The van der Waals surface area contributed by atoms with Crippen LogP contribution in [0.15, 0.2) is 18.2 Å². The third kappa shape index (κ3) is 4.47. The Hall–Kier alpha value is -1.53. The van der Waals surface area contributed by atoms with Crippen molar-refractivity contribution in [1.82, 2.24) is 5.32 Å². The van der Waals surface area contributed by atoms with Crippen LogP contribution in [0.4, 0.5) is 0 Å². The average Bonchev–Trinajstić information content (AvgIpc) is 3.28. The molecular formula is C18H26N2O. The van der Waals surface area contributed by atoms with Gasteiger partial charge in [0.15, 0.2) is 0 Å². The van der Waals surface area contributed by atoms with Crippen molar-refractivity contribution < 1.29 is 4.74 Å². The minimum atomic E-state index is -0.368. The molecule has 0 aliphatic heterocycles. The summed E-state index contributed by atoms with van der Waals surface area (Å²) in [6, 6.07) is 9.29. The van der Waals surface area contributed by atoms with Gasteiger partial charge in [0.25, 0.3) is 0 Å². The molecule has 0 aromatic heterocycles. The second-order valence-corrected chi connectivity index (χ2v) is 6.19. The zero-order valence-corrected chi connectivity index (χ0v) is 13.4. The molecule has 0 saturated heterocycles. The van der Waals surface area contributed by atoms with Gasteiger partial charge in [-0.25, -0.2) is 0 Å². The van der Waals surface area contributed by atoms with Crippen LogP contribution in [0.2, 0.25) is 0 Å². The topological polar surface area (TPSA) is 45.0 Å². The molecule has 0 spiro atoms. The van der Waals surface area contributed by atoms with Gasteiger partial charge in [-0.2, -0.15) is 5.26 Å². The van der Waals surface area contributed by atoms with E-state index in [4.69, 9.17) is 4.74 Å². The Morgan fingerprint density at radius 3 is 2.71 bits per heavy atom.